The van der Waals surface area contributed by atoms with Gasteiger partial charge in [-0.3, -0.25) is 0 Å². The van der Waals surface area contributed by atoms with Crippen molar-refractivity contribution in [2.75, 3.05) is 12.1 Å². The van der Waals surface area contributed by atoms with E-state index in [0.717, 1.165) is 16.8 Å². The maximum Gasteiger partial charge on any atom is 0.209 e. The van der Waals surface area contributed by atoms with E-state index in [1.807, 2.05) is 32.2 Å². The van der Waals surface area contributed by atoms with Gasteiger partial charge in [-0.05, 0) is 18.6 Å². The van der Waals surface area contributed by atoms with Gasteiger partial charge in [-0.2, -0.15) is 5.10 Å². The van der Waals surface area contributed by atoms with E-state index in [2.05, 4.69) is 10.2 Å². The quantitative estimate of drug-likeness (QED) is 0.620. The van der Waals surface area contributed by atoms with Crippen LogP contribution < -0.4 is 15.6 Å². The molecule has 2 rings (SSSR count). The normalized spacial score (nSPS) is 10.3. The van der Waals surface area contributed by atoms with Crippen molar-refractivity contribution in [1.82, 2.24) is 10.2 Å². The molecule has 0 saturated heterocycles. The molecule has 0 saturated carbocycles. The van der Waals surface area contributed by atoms with Crippen molar-refractivity contribution < 1.29 is 4.74 Å². The zero-order chi connectivity index (χ0) is 12.3. The second-order valence-electron chi connectivity index (χ2n) is 3.89. The van der Waals surface area contributed by atoms with Gasteiger partial charge in [0, 0.05) is 18.7 Å². The number of aromatic nitrogens is 2. The Balaban J connectivity index is 2.19. The summed E-state index contributed by atoms with van der Waals surface area (Å²) in [5, 5.41) is 8.18. The Morgan fingerprint density at radius 2 is 2.24 bits per heavy atom. The number of hydrogen-bond donors (Lipinski definition) is 2. The molecular weight excluding hydrogens is 216 g/mol. The Hall–Kier alpha value is -2.01. The fourth-order valence-electron chi connectivity index (χ4n) is 1.68. The lowest BCUT2D eigenvalue weighted by molar-refractivity contribution is 0.293. The summed E-state index contributed by atoms with van der Waals surface area (Å²) in [5.41, 5.74) is 3.19. The molecule has 1 aromatic heterocycles. The summed E-state index contributed by atoms with van der Waals surface area (Å²) in [4.78, 5) is 0. The molecule has 0 atom stereocenters. The molecule has 0 radical (unpaired) electrons. The number of hydrazine groups is 1. The van der Waals surface area contributed by atoms with Crippen molar-refractivity contribution in [2.45, 2.75) is 13.5 Å². The summed E-state index contributed by atoms with van der Waals surface area (Å²) >= 11 is 0. The van der Waals surface area contributed by atoms with Crippen LogP contribution in [0, 0.1) is 6.92 Å². The van der Waals surface area contributed by atoms with Crippen LogP contribution in [0.5, 0.6) is 5.88 Å². The number of benzene rings is 1. The average Bonchev–Trinajstić information content (AvgIpc) is 2.80. The van der Waals surface area contributed by atoms with Gasteiger partial charge in [-0.15, -0.1) is 0 Å². The van der Waals surface area contributed by atoms with E-state index in [1.54, 1.807) is 17.3 Å². The third-order valence-electron chi connectivity index (χ3n) is 2.61. The van der Waals surface area contributed by atoms with Gasteiger partial charge in [0.1, 0.15) is 6.61 Å². The molecule has 1 aromatic carbocycles. The van der Waals surface area contributed by atoms with E-state index in [1.165, 1.54) is 0 Å². The summed E-state index contributed by atoms with van der Waals surface area (Å²) in [6.07, 6.45) is 1.66. The number of ether oxygens (including phenoxy) is 1. The zero-order valence-electron chi connectivity index (χ0n) is 9.97. The highest BCUT2D eigenvalue weighted by atomic mass is 16.5. The molecule has 0 aliphatic carbocycles. The molecule has 0 spiro atoms. The van der Waals surface area contributed by atoms with Crippen LogP contribution in [0.3, 0.4) is 0 Å². The standard InChI is InChI=1S/C12H16N4O/c1-9-4-3-5-11(16(2)13)10(9)8-17-12-6-7-14-15-12/h3-7H,8,13H2,1-2H3,(H,14,15). The first kappa shape index (κ1) is 11.5. The number of aryl methyl sites for hydroxylation is 1. The maximum absolute atomic E-state index is 5.79. The minimum atomic E-state index is 0.464. The molecule has 0 bridgehead atoms. The number of H-pyrrole nitrogens is 1. The van der Waals surface area contributed by atoms with E-state index < -0.39 is 0 Å². The van der Waals surface area contributed by atoms with Crippen LogP contribution in [0.15, 0.2) is 30.5 Å². The van der Waals surface area contributed by atoms with Crippen LogP contribution in [-0.4, -0.2) is 17.2 Å². The third kappa shape index (κ3) is 2.57. The second-order valence-corrected chi connectivity index (χ2v) is 3.89. The molecule has 1 heterocycles. The number of rotatable bonds is 4. The lowest BCUT2D eigenvalue weighted by Crippen LogP contribution is -2.26. The molecule has 90 valence electrons. The highest BCUT2D eigenvalue weighted by Gasteiger charge is 2.08. The van der Waals surface area contributed by atoms with Crippen molar-refractivity contribution in [2.24, 2.45) is 5.84 Å². The van der Waals surface area contributed by atoms with Gasteiger partial charge in [0.15, 0.2) is 0 Å². The summed E-state index contributed by atoms with van der Waals surface area (Å²) in [6, 6.07) is 7.77. The van der Waals surface area contributed by atoms with Gasteiger partial charge in [-0.1, -0.05) is 12.1 Å². The predicted octanol–water partition coefficient (Wildman–Crippen LogP) is 1.61. The van der Waals surface area contributed by atoms with Crippen LogP contribution in [0.4, 0.5) is 5.69 Å². The van der Waals surface area contributed by atoms with Gasteiger partial charge in [0.05, 0.1) is 11.9 Å². The van der Waals surface area contributed by atoms with Gasteiger partial charge in [-0.25, -0.2) is 10.9 Å². The number of anilines is 1. The second kappa shape index (κ2) is 4.88. The zero-order valence-corrected chi connectivity index (χ0v) is 9.97. The molecule has 5 heteroatoms. The van der Waals surface area contributed by atoms with E-state index in [4.69, 9.17) is 10.6 Å². The van der Waals surface area contributed by atoms with Crippen molar-refractivity contribution in [3.05, 3.63) is 41.6 Å². The largest absolute Gasteiger partial charge is 0.473 e. The predicted molar refractivity (Wildman–Crippen MR) is 66.7 cm³/mol. The smallest absolute Gasteiger partial charge is 0.209 e. The fraction of sp³-hybridized carbons (Fsp3) is 0.250. The summed E-state index contributed by atoms with van der Waals surface area (Å²) in [7, 11) is 1.81. The molecule has 3 N–H and O–H groups in total. The first-order valence-electron chi connectivity index (χ1n) is 5.37. The molecular formula is C12H16N4O. The highest BCUT2D eigenvalue weighted by Crippen LogP contribution is 2.22. The van der Waals surface area contributed by atoms with Crippen LogP contribution in [0.2, 0.25) is 0 Å². The first-order valence-corrected chi connectivity index (χ1v) is 5.37. The van der Waals surface area contributed by atoms with Gasteiger partial charge < -0.3 is 9.75 Å². The minimum absolute atomic E-state index is 0.464. The van der Waals surface area contributed by atoms with E-state index in [9.17, 15) is 0 Å². The third-order valence-corrected chi connectivity index (χ3v) is 2.61. The first-order chi connectivity index (χ1) is 8.18. The molecule has 0 aliphatic heterocycles. The van der Waals surface area contributed by atoms with Crippen LogP contribution >= 0.6 is 0 Å². The number of nitrogens with zero attached hydrogens (tertiary/aromatic N) is 2. The lowest BCUT2D eigenvalue weighted by Gasteiger charge is -2.18. The van der Waals surface area contributed by atoms with Crippen molar-refractivity contribution in [1.29, 1.82) is 0 Å². The molecule has 0 fully saturated rings. The Bertz CT molecular complexity index is 479. The number of nitrogens with two attached hydrogens (primary N) is 1. The molecule has 17 heavy (non-hydrogen) atoms. The molecule has 0 amide bonds. The topological polar surface area (TPSA) is 67.2 Å². The van der Waals surface area contributed by atoms with Gasteiger partial charge in [0.25, 0.3) is 0 Å². The van der Waals surface area contributed by atoms with Crippen molar-refractivity contribution in [3.63, 3.8) is 0 Å². The van der Waals surface area contributed by atoms with E-state index in [-0.39, 0.29) is 0 Å². The maximum atomic E-state index is 5.79. The van der Waals surface area contributed by atoms with Crippen molar-refractivity contribution in [3.8, 4) is 5.88 Å². The number of nitrogens with one attached hydrogen (secondary N) is 1. The Kier molecular flexibility index (Phi) is 3.30. The van der Waals surface area contributed by atoms with Crippen LogP contribution in [-0.2, 0) is 6.61 Å². The van der Waals surface area contributed by atoms with Gasteiger partial charge >= 0.3 is 0 Å². The van der Waals surface area contributed by atoms with E-state index >= 15 is 0 Å². The summed E-state index contributed by atoms with van der Waals surface area (Å²) in [6.45, 7) is 2.50. The number of hydrogen-bond acceptors (Lipinski definition) is 4. The Morgan fingerprint density at radius 1 is 1.41 bits per heavy atom. The Morgan fingerprint density at radius 3 is 2.88 bits per heavy atom. The van der Waals surface area contributed by atoms with E-state index in [0.29, 0.717) is 12.5 Å². The van der Waals surface area contributed by atoms with Crippen LogP contribution in [0.25, 0.3) is 0 Å². The molecule has 0 unspecified atom stereocenters. The van der Waals surface area contributed by atoms with Crippen molar-refractivity contribution >= 4 is 5.69 Å². The SMILES string of the molecule is Cc1cccc(N(C)N)c1COc1ccn[nH]1. The molecule has 5 nitrogen and oxygen atoms in total. The Labute approximate surface area is 100 Å². The fourth-order valence-corrected chi connectivity index (χ4v) is 1.68. The minimum Gasteiger partial charge on any atom is -0.473 e. The molecule has 0 aliphatic rings. The van der Waals surface area contributed by atoms with Gasteiger partial charge in [0.2, 0.25) is 5.88 Å². The summed E-state index contributed by atoms with van der Waals surface area (Å²) < 4.78 is 5.60. The van der Waals surface area contributed by atoms with Crippen LogP contribution in [0.1, 0.15) is 11.1 Å². The monoisotopic (exact) mass is 232 g/mol. The average molecular weight is 232 g/mol. The summed E-state index contributed by atoms with van der Waals surface area (Å²) in [5.74, 6) is 6.44. The molecule has 2 aromatic rings. The number of aromatic amines is 1. The lowest BCUT2D eigenvalue weighted by atomic mass is 10.1. The highest BCUT2D eigenvalue weighted by molar-refractivity contribution is 5.54.